The molecule has 25 heavy (non-hydrogen) atoms. The Balaban J connectivity index is 1.60. The summed E-state index contributed by atoms with van der Waals surface area (Å²) in [6.45, 7) is 0.239. The van der Waals surface area contributed by atoms with E-state index in [9.17, 15) is 19.1 Å². The maximum atomic E-state index is 13.7. The average molecular weight is 348 g/mol. The first-order valence-corrected chi connectivity index (χ1v) is 7.82. The topological polar surface area (TPSA) is 102 Å². The minimum atomic E-state index is -1.37. The van der Waals surface area contributed by atoms with Crippen molar-refractivity contribution < 1.29 is 28.2 Å². The first-order chi connectivity index (χ1) is 12.0. The van der Waals surface area contributed by atoms with Gasteiger partial charge in [-0.25, -0.2) is 14.2 Å². The quantitative estimate of drug-likeness (QED) is 0.825. The molecule has 2 aromatic rings. The Hall–Kier alpha value is -2.74. The smallest absolute Gasteiger partial charge is 0.331 e. The number of aryl methyl sites for hydroxylation is 1. The summed E-state index contributed by atoms with van der Waals surface area (Å²) in [4.78, 5) is 27.5. The number of nitrogens with zero attached hydrogens (tertiary/aromatic N) is 1. The molecule has 2 N–H and O–H groups in total. The largest absolute Gasteiger partial charge is 0.479 e. The number of halogens is 1. The minimum absolute atomic E-state index is 0.00621. The minimum Gasteiger partial charge on any atom is -0.479 e. The molecule has 132 valence electrons. The van der Waals surface area contributed by atoms with Crippen molar-refractivity contribution >= 4 is 11.9 Å². The zero-order valence-electron chi connectivity index (χ0n) is 13.3. The van der Waals surface area contributed by atoms with Crippen LogP contribution in [0, 0.1) is 5.82 Å². The van der Waals surface area contributed by atoms with Crippen LogP contribution in [-0.2, 0) is 20.7 Å². The number of nitrogens with one attached hydrogen (secondary N) is 1. The number of aliphatic carboxylic acids is 1. The van der Waals surface area contributed by atoms with E-state index in [4.69, 9.17) is 9.15 Å². The number of oxazole rings is 1. The molecule has 1 aromatic carbocycles. The Morgan fingerprint density at radius 3 is 2.84 bits per heavy atom. The molecule has 1 saturated heterocycles. The molecular formula is C17H17FN2O5. The lowest BCUT2D eigenvalue weighted by Crippen LogP contribution is -2.55. The monoisotopic (exact) mass is 348 g/mol. The second-order valence-electron chi connectivity index (χ2n) is 5.84. The number of carboxylic acids is 1. The maximum Gasteiger partial charge on any atom is 0.331 e. The first kappa shape index (κ1) is 17.1. The van der Waals surface area contributed by atoms with Crippen LogP contribution in [0.2, 0.25) is 0 Å². The molecule has 1 atom stereocenters. The van der Waals surface area contributed by atoms with Crippen LogP contribution < -0.4 is 5.32 Å². The lowest BCUT2D eigenvalue weighted by Gasteiger charge is -2.23. The number of hydrogen-bond donors (Lipinski definition) is 2. The van der Waals surface area contributed by atoms with Crippen LogP contribution in [0.15, 0.2) is 34.9 Å². The van der Waals surface area contributed by atoms with E-state index >= 15 is 0 Å². The zero-order valence-corrected chi connectivity index (χ0v) is 13.3. The molecular weight excluding hydrogens is 331 g/mol. The van der Waals surface area contributed by atoms with Crippen LogP contribution in [0.5, 0.6) is 0 Å². The van der Waals surface area contributed by atoms with E-state index < -0.39 is 23.2 Å². The van der Waals surface area contributed by atoms with Gasteiger partial charge in [0.15, 0.2) is 17.2 Å². The predicted molar refractivity (Wildman–Crippen MR) is 84.2 cm³/mol. The Kier molecular flexibility index (Phi) is 4.80. The van der Waals surface area contributed by atoms with E-state index in [2.05, 4.69) is 10.3 Å². The van der Waals surface area contributed by atoms with Crippen molar-refractivity contribution in [2.24, 2.45) is 0 Å². The SMILES string of the molecule is O=C(CCc1ncc(-c2ccccc2F)o1)NC1(C(=O)O)CCOC1. The van der Waals surface area contributed by atoms with Crippen LogP contribution in [-0.4, -0.2) is 40.7 Å². The van der Waals surface area contributed by atoms with E-state index in [-0.39, 0.29) is 44.1 Å². The van der Waals surface area contributed by atoms with Crippen LogP contribution in [0.3, 0.4) is 0 Å². The third-order valence-corrected chi connectivity index (χ3v) is 4.07. The van der Waals surface area contributed by atoms with Crippen molar-refractivity contribution in [3.8, 4) is 11.3 Å². The summed E-state index contributed by atoms with van der Waals surface area (Å²) in [5.74, 6) is -1.41. The number of rotatable bonds is 6. The third-order valence-electron chi connectivity index (χ3n) is 4.07. The summed E-state index contributed by atoms with van der Waals surface area (Å²) in [7, 11) is 0. The fraction of sp³-hybridized carbons (Fsp3) is 0.353. The van der Waals surface area contributed by atoms with Gasteiger partial charge in [-0.1, -0.05) is 12.1 Å². The molecule has 0 bridgehead atoms. The summed E-state index contributed by atoms with van der Waals surface area (Å²) in [5, 5.41) is 11.8. The highest BCUT2D eigenvalue weighted by molar-refractivity contribution is 5.87. The molecule has 1 aromatic heterocycles. The fourth-order valence-corrected chi connectivity index (χ4v) is 2.65. The van der Waals surface area contributed by atoms with Gasteiger partial charge in [-0.2, -0.15) is 0 Å². The number of carboxylic acid groups (broad SMARTS) is 1. The van der Waals surface area contributed by atoms with Gasteiger partial charge in [0.1, 0.15) is 5.82 Å². The molecule has 0 aliphatic carbocycles. The molecule has 0 saturated carbocycles. The Labute approximate surface area is 142 Å². The molecule has 2 heterocycles. The summed E-state index contributed by atoms with van der Waals surface area (Å²) in [5.41, 5.74) is -1.08. The Morgan fingerprint density at radius 1 is 1.36 bits per heavy atom. The number of carbonyl (C=O) groups is 2. The van der Waals surface area contributed by atoms with Gasteiger partial charge >= 0.3 is 5.97 Å². The van der Waals surface area contributed by atoms with Crippen LogP contribution in [0.1, 0.15) is 18.7 Å². The summed E-state index contributed by atoms with van der Waals surface area (Å²) >= 11 is 0. The van der Waals surface area contributed by atoms with Crippen molar-refractivity contribution in [2.45, 2.75) is 24.8 Å². The summed E-state index contributed by atoms with van der Waals surface area (Å²) in [6, 6.07) is 6.15. The normalized spacial score (nSPS) is 19.7. The molecule has 1 fully saturated rings. The molecule has 8 heteroatoms. The number of ether oxygens (including phenoxy) is 1. The molecule has 0 radical (unpaired) electrons. The van der Waals surface area contributed by atoms with Gasteiger partial charge in [-0.3, -0.25) is 4.79 Å². The molecule has 1 amide bonds. The van der Waals surface area contributed by atoms with Gasteiger partial charge in [0.2, 0.25) is 5.91 Å². The molecule has 1 unspecified atom stereocenters. The number of carbonyl (C=O) groups excluding carboxylic acids is 1. The van der Waals surface area contributed by atoms with Gasteiger partial charge < -0.3 is 19.6 Å². The molecule has 7 nitrogen and oxygen atoms in total. The zero-order chi connectivity index (χ0) is 17.9. The van der Waals surface area contributed by atoms with Crippen LogP contribution in [0.25, 0.3) is 11.3 Å². The van der Waals surface area contributed by atoms with Gasteiger partial charge in [-0.15, -0.1) is 0 Å². The standard InChI is InChI=1S/C17H17FN2O5/c18-12-4-2-1-3-11(12)13-9-19-15(25-13)6-5-14(21)20-17(16(22)23)7-8-24-10-17/h1-4,9H,5-8,10H2,(H,20,21)(H,22,23). The Bertz CT molecular complexity index is 783. The van der Waals surface area contributed by atoms with E-state index in [1.807, 2.05) is 0 Å². The number of benzene rings is 1. The first-order valence-electron chi connectivity index (χ1n) is 7.82. The van der Waals surface area contributed by atoms with E-state index in [1.165, 1.54) is 12.3 Å². The van der Waals surface area contributed by atoms with Gasteiger partial charge in [-0.05, 0) is 12.1 Å². The van der Waals surface area contributed by atoms with Crippen molar-refractivity contribution in [3.05, 3.63) is 42.2 Å². The van der Waals surface area contributed by atoms with Crippen molar-refractivity contribution in [1.29, 1.82) is 0 Å². The predicted octanol–water partition coefficient (Wildman–Crippen LogP) is 1.77. The fourth-order valence-electron chi connectivity index (χ4n) is 2.65. The molecule has 0 spiro atoms. The van der Waals surface area contributed by atoms with Crippen LogP contribution in [0.4, 0.5) is 4.39 Å². The van der Waals surface area contributed by atoms with Crippen molar-refractivity contribution in [2.75, 3.05) is 13.2 Å². The van der Waals surface area contributed by atoms with Crippen molar-refractivity contribution in [1.82, 2.24) is 10.3 Å². The van der Waals surface area contributed by atoms with E-state index in [0.29, 0.717) is 5.56 Å². The lowest BCUT2D eigenvalue weighted by molar-refractivity contribution is -0.147. The lowest BCUT2D eigenvalue weighted by atomic mass is 9.98. The number of amides is 1. The average Bonchev–Trinajstić information content (AvgIpc) is 3.23. The molecule has 3 rings (SSSR count). The third kappa shape index (κ3) is 3.69. The van der Waals surface area contributed by atoms with Crippen LogP contribution >= 0.6 is 0 Å². The van der Waals surface area contributed by atoms with E-state index in [1.54, 1.807) is 18.2 Å². The highest BCUT2D eigenvalue weighted by Gasteiger charge is 2.43. The van der Waals surface area contributed by atoms with E-state index in [0.717, 1.165) is 0 Å². The summed E-state index contributed by atoms with van der Waals surface area (Å²) < 4.78 is 24.3. The number of hydrogen-bond acceptors (Lipinski definition) is 5. The van der Waals surface area contributed by atoms with Gasteiger partial charge in [0, 0.05) is 25.9 Å². The maximum absolute atomic E-state index is 13.7. The van der Waals surface area contributed by atoms with Gasteiger partial charge in [0.25, 0.3) is 0 Å². The van der Waals surface area contributed by atoms with Crippen molar-refractivity contribution in [3.63, 3.8) is 0 Å². The molecule has 1 aliphatic rings. The Morgan fingerprint density at radius 2 is 2.16 bits per heavy atom. The molecule has 1 aliphatic heterocycles. The second-order valence-corrected chi connectivity index (χ2v) is 5.84. The summed E-state index contributed by atoms with van der Waals surface area (Å²) in [6.07, 6.45) is 1.81. The highest BCUT2D eigenvalue weighted by atomic mass is 19.1. The number of aromatic nitrogens is 1. The van der Waals surface area contributed by atoms with Gasteiger partial charge in [0.05, 0.1) is 18.4 Å². The highest BCUT2D eigenvalue weighted by Crippen LogP contribution is 2.24. The second kappa shape index (κ2) is 7.02.